The van der Waals surface area contributed by atoms with Crippen LogP contribution in [0.25, 0.3) is 11.0 Å². The van der Waals surface area contributed by atoms with E-state index in [1.165, 1.54) is 13.2 Å². The molecule has 0 aliphatic heterocycles. The first kappa shape index (κ1) is 16.0. The van der Waals surface area contributed by atoms with Gasteiger partial charge >= 0.3 is 0 Å². The number of benzene rings is 2. The Morgan fingerprint density at radius 2 is 2.08 bits per heavy atom. The molecule has 0 atom stereocenters. The van der Waals surface area contributed by atoms with E-state index in [9.17, 15) is 9.18 Å². The smallest absolute Gasteiger partial charge is 0.161 e. The van der Waals surface area contributed by atoms with Gasteiger partial charge in [0.2, 0.25) is 0 Å². The first-order valence-electron chi connectivity index (χ1n) is 7.57. The fraction of sp³-hybridized carbons (Fsp3) is 0.222. The zero-order valence-electron chi connectivity index (χ0n) is 13.5. The fourth-order valence-corrected chi connectivity index (χ4v) is 2.64. The molecule has 1 heterocycles. The van der Waals surface area contributed by atoms with Crippen molar-refractivity contribution in [1.82, 2.24) is 9.55 Å². The molecule has 0 N–H and O–H groups in total. The second-order valence-corrected chi connectivity index (χ2v) is 5.20. The number of methoxy groups -OCH3 is 1. The summed E-state index contributed by atoms with van der Waals surface area (Å²) in [6.45, 7) is 2.79. The first-order valence-corrected chi connectivity index (χ1v) is 7.57. The van der Waals surface area contributed by atoms with Gasteiger partial charge in [0.05, 0.1) is 12.6 Å². The fourth-order valence-electron chi connectivity index (χ4n) is 2.64. The van der Waals surface area contributed by atoms with Gasteiger partial charge in [0.25, 0.3) is 0 Å². The molecule has 2 aromatic carbocycles. The molecule has 1 aromatic heterocycles. The molecule has 0 amide bonds. The van der Waals surface area contributed by atoms with Crippen LogP contribution in [0.3, 0.4) is 0 Å². The highest BCUT2D eigenvalue weighted by atomic mass is 19.1. The number of imidazole rings is 1. The Hall–Kier alpha value is -2.89. The van der Waals surface area contributed by atoms with Crippen molar-refractivity contribution < 1.29 is 18.7 Å². The summed E-state index contributed by atoms with van der Waals surface area (Å²) in [5.74, 6) is 1.23. The number of hydrogen-bond acceptors (Lipinski definition) is 4. The molecule has 3 rings (SSSR count). The van der Waals surface area contributed by atoms with Gasteiger partial charge in [0.1, 0.15) is 24.2 Å². The van der Waals surface area contributed by atoms with Crippen molar-refractivity contribution in [3.05, 3.63) is 53.6 Å². The summed E-state index contributed by atoms with van der Waals surface area (Å²) in [6, 6.07) is 9.80. The summed E-state index contributed by atoms with van der Waals surface area (Å²) in [5, 5.41) is 0. The molecule has 124 valence electrons. The van der Waals surface area contributed by atoms with Gasteiger partial charge in [-0.15, -0.1) is 0 Å². The van der Waals surface area contributed by atoms with Gasteiger partial charge in [-0.1, -0.05) is 6.07 Å². The molecule has 5 nitrogen and oxygen atoms in total. The Morgan fingerprint density at radius 3 is 2.79 bits per heavy atom. The largest absolute Gasteiger partial charge is 0.493 e. The summed E-state index contributed by atoms with van der Waals surface area (Å²) in [6.07, 6.45) is 0.742. The monoisotopic (exact) mass is 328 g/mol. The maximum absolute atomic E-state index is 13.9. The first-order chi connectivity index (χ1) is 11.7. The van der Waals surface area contributed by atoms with Crippen LogP contribution in [0.2, 0.25) is 0 Å². The van der Waals surface area contributed by atoms with Crippen molar-refractivity contribution in [2.45, 2.75) is 20.1 Å². The molecule has 3 aromatic rings. The Labute approximate surface area is 138 Å². The zero-order chi connectivity index (χ0) is 17.1. The SMILES string of the molecule is CCn1c(COc2ccc(C=O)cc2OC)nc2c(F)cccc21. The highest BCUT2D eigenvalue weighted by Crippen LogP contribution is 2.29. The molecule has 0 radical (unpaired) electrons. The Kier molecular flexibility index (Phi) is 4.46. The van der Waals surface area contributed by atoms with Gasteiger partial charge in [-0.05, 0) is 37.3 Å². The average molecular weight is 328 g/mol. The van der Waals surface area contributed by atoms with Crippen molar-refractivity contribution >= 4 is 17.3 Å². The number of hydrogen-bond donors (Lipinski definition) is 0. The Balaban J connectivity index is 1.91. The predicted molar refractivity (Wildman–Crippen MR) is 88.1 cm³/mol. The molecular weight excluding hydrogens is 311 g/mol. The van der Waals surface area contributed by atoms with Crippen LogP contribution >= 0.6 is 0 Å². The Bertz CT molecular complexity index is 889. The lowest BCUT2D eigenvalue weighted by Crippen LogP contribution is -2.06. The molecule has 6 heteroatoms. The third kappa shape index (κ3) is 2.82. The molecule has 0 saturated carbocycles. The summed E-state index contributed by atoms with van der Waals surface area (Å²) in [7, 11) is 1.51. The number of halogens is 1. The minimum absolute atomic E-state index is 0.165. The molecular formula is C18H17FN2O3. The molecule has 0 spiro atoms. The number of rotatable bonds is 6. The van der Waals surface area contributed by atoms with Gasteiger partial charge in [-0.3, -0.25) is 4.79 Å². The van der Waals surface area contributed by atoms with Crippen molar-refractivity contribution in [2.75, 3.05) is 7.11 Å². The van der Waals surface area contributed by atoms with E-state index in [0.29, 0.717) is 34.9 Å². The van der Waals surface area contributed by atoms with E-state index in [0.717, 1.165) is 11.8 Å². The van der Waals surface area contributed by atoms with E-state index in [2.05, 4.69) is 4.98 Å². The number of nitrogens with zero attached hydrogens (tertiary/aromatic N) is 2. The normalized spacial score (nSPS) is 10.8. The predicted octanol–water partition coefficient (Wildman–Crippen LogP) is 3.60. The van der Waals surface area contributed by atoms with Crippen LogP contribution in [0.1, 0.15) is 23.1 Å². The van der Waals surface area contributed by atoms with Gasteiger partial charge in [-0.25, -0.2) is 9.37 Å². The van der Waals surface area contributed by atoms with Crippen LogP contribution in [0.4, 0.5) is 4.39 Å². The Morgan fingerprint density at radius 1 is 1.25 bits per heavy atom. The van der Waals surface area contributed by atoms with E-state index in [-0.39, 0.29) is 12.4 Å². The summed E-state index contributed by atoms with van der Waals surface area (Å²) < 4.78 is 26.8. The lowest BCUT2D eigenvalue weighted by atomic mass is 10.2. The van der Waals surface area contributed by atoms with Crippen molar-refractivity contribution in [1.29, 1.82) is 0 Å². The molecule has 24 heavy (non-hydrogen) atoms. The van der Waals surface area contributed by atoms with E-state index in [1.54, 1.807) is 24.3 Å². The highest BCUT2D eigenvalue weighted by molar-refractivity contribution is 5.77. The molecule has 0 saturated heterocycles. The number of aldehydes is 1. The third-order valence-corrected chi connectivity index (χ3v) is 3.81. The minimum atomic E-state index is -0.353. The topological polar surface area (TPSA) is 53.4 Å². The van der Waals surface area contributed by atoms with Crippen LogP contribution in [0.15, 0.2) is 36.4 Å². The van der Waals surface area contributed by atoms with E-state index < -0.39 is 0 Å². The standard InChI is InChI=1S/C18H17FN2O3/c1-3-21-14-6-4-5-13(19)18(14)20-17(21)11-24-15-8-7-12(10-22)9-16(15)23-2/h4-10H,3,11H2,1-2H3. The summed E-state index contributed by atoms with van der Waals surface area (Å²) in [5.41, 5.74) is 1.57. The van der Waals surface area contributed by atoms with Crippen molar-refractivity contribution in [3.8, 4) is 11.5 Å². The van der Waals surface area contributed by atoms with E-state index in [1.807, 2.05) is 17.6 Å². The van der Waals surface area contributed by atoms with Crippen molar-refractivity contribution in [2.24, 2.45) is 0 Å². The molecule has 0 unspecified atom stereocenters. The molecule has 0 aliphatic rings. The minimum Gasteiger partial charge on any atom is -0.493 e. The van der Waals surface area contributed by atoms with E-state index in [4.69, 9.17) is 9.47 Å². The molecule has 0 bridgehead atoms. The maximum Gasteiger partial charge on any atom is 0.161 e. The molecule has 0 aliphatic carbocycles. The van der Waals surface area contributed by atoms with Gasteiger partial charge < -0.3 is 14.0 Å². The highest BCUT2D eigenvalue weighted by Gasteiger charge is 2.14. The number of aromatic nitrogens is 2. The van der Waals surface area contributed by atoms with Gasteiger partial charge in [0.15, 0.2) is 17.3 Å². The maximum atomic E-state index is 13.9. The average Bonchev–Trinajstić information content (AvgIpc) is 2.98. The lowest BCUT2D eigenvalue weighted by molar-refractivity contribution is 0.112. The number of carbonyl (C=O) groups excluding carboxylic acids is 1. The van der Waals surface area contributed by atoms with Crippen molar-refractivity contribution in [3.63, 3.8) is 0 Å². The number of aryl methyl sites for hydroxylation is 1. The number of carbonyl (C=O) groups is 1. The van der Waals surface area contributed by atoms with Gasteiger partial charge in [-0.2, -0.15) is 0 Å². The van der Waals surface area contributed by atoms with Gasteiger partial charge in [0, 0.05) is 12.1 Å². The lowest BCUT2D eigenvalue weighted by Gasteiger charge is -2.11. The number of para-hydroxylation sites is 1. The summed E-state index contributed by atoms with van der Waals surface area (Å²) in [4.78, 5) is 15.2. The third-order valence-electron chi connectivity index (χ3n) is 3.81. The summed E-state index contributed by atoms with van der Waals surface area (Å²) >= 11 is 0. The number of fused-ring (bicyclic) bond motifs is 1. The number of ether oxygens (including phenoxy) is 2. The molecule has 0 fully saturated rings. The van der Waals surface area contributed by atoms with Crippen LogP contribution in [0.5, 0.6) is 11.5 Å². The van der Waals surface area contributed by atoms with Crippen LogP contribution < -0.4 is 9.47 Å². The van der Waals surface area contributed by atoms with Crippen LogP contribution in [-0.2, 0) is 13.2 Å². The second-order valence-electron chi connectivity index (χ2n) is 5.20. The van der Waals surface area contributed by atoms with Crippen LogP contribution in [-0.4, -0.2) is 22.9 Å². The zero-order valence-corrected chi connectivity index (χ0v) is 13.5. The van der Waals surface area contributed by atoms with E-state index >= 15 is 0 Å². The van der Waals surface area contributed by atoms with Crippen LogP contribution in [0, 0.1) is 5.82 Å². The quantitative estimate of drug-likeness (QED) is 0.649. The second kappa shape index (κ2) is 6.70.